The minimum absolute atomic E-state index is 0.0445. The number of nitrogens with one attached hydrogen (secondary N) is 1. The molecule has 0 spiro atoms. The van der Waals surface area contributed by atoms with Crippen molar-refractivity contribution in [2.75, 3.05) is 13.1 Å². The molecule has 1 N–H and O–H groups in total. The van der Waals surface area contributed by atoms with E-state index < -0.39 is 0 Å². The van der Waals surface area contributed by atoms with Crippen molar-refractivity contribution in [2.24, 2.45) is 0 Å². The van der Waals surface area contributed by atoms with Crippen molar-refractivity contribution in [3.05, 3.63) is 58.5 Å². The van der Waals surface area contributed by atoms with Gasteiger partial charge in [0.05, 0.1) is 0 Å². The summed E-state index contributed by atoms with van der Waals surface area (Å²) in [6.45, 7) is 5.35. The quantitative estimate of drug-likeness (QED) is 0.928. The van der Waals surface area contributed by atoms with Crippen LogP contribution in [0.5, 0.6) is 0 Å². The van der Waals surface area contributed by atoms with E-state index in [0.29, 0.717) is 18.7 Å². The van der Waals surface area contributed by atoms with Gasteiger partial charge < -0.3 is 9.88 Å². The summed E-state index contributed by atoms with van der Waals surface area (Å²) in [5, 5.41) is 0. The predicted octanol–water partition coefficient (Wildman–Crippen LogP) is 2.52. The fourth-order valence-electron chi connectivity index (χ4n) is 2.09. The van der Waals surface area contributed by atoms with Crippen molar-refractivity contribution in [2.45, 2.75) is 13.8 Å². The van der Waals surface area contributed by atoms with Crippen LogP contribution in [-0.4, -0.2) is 28.9 Å². The van der Waals surface area contributed by atoms with Gasteiger partial charge in [0, 0.05) is 30.9 Å². The summed E-state index contributed by atoms with van der Waals surface area (Å²) in [4.78, 5) is 27.6. The highest BCUT2D eigenvalue weighted by molar-refractivity contribution is 5.94. The molecule has 0 radical (unpaired) electrons. The first kappa shape index (κ1) is 14.1. The van der Waals surface area contributed by atoms with Crippen LogP contribution >= 0.6 is 0 Å². The van der Waals surface area contributed by atoms with Crippen molar-refractivity contribution in [3.8, 4) is 11.1 Å². The molecule has 1 heterocycles. The van der Waals surface area contributed by atoms with Gasteiger partial charge in [0.1, 0.15) is 0 Å². The maximum Gasteiger partial charge on any atom is 0.253 e. The summed E-state index contributed by atoms with van der Waals surface area (Å²) in [6, 6.07) is 10.7. The Balaban J connectivity index is 2.24. The topological polar surface area (TPSA) is 53.2 Å². The van der Waals surface area contributed by atoms with Crippen molar-refractivity contribution < 1.29 is 4.79 Å². The molecule has 0 fully saturated rings. The Hall–Kier alpha value is -2.36. The van der Waals surface area contributed by atoms with Gasteiger partial charge in [-0.05, 0) is 43.2 Å². The van der Waals surface area contributed by atoms with E-state index in [1.54, 1.807) is 17.2 Å². The molecule has 104 valence electrons. The van der Waals surface area contributed by atoms with Gasteiger partial charge in [0.25, 0.3) is 5.91 Å². The maximum atomic E-state index is 12.2. The van der Waals surface area contributed by atoms with Gasteiger partial charge in [-0.3, -0.25) is 9.59 Å². The van der Waals surface area contributed by atoms with Crippen molar-refractivity contribution in [1.29, 1.82) is 0 Å². The van der Waals surface area contributed by atoms with Gasteiger partial charge in [-0.25, -0.2) is 0 Å². The molecule has 0 aliphatic heterocycles. The lowest BCUT2D eigenvalue weighted by molar-refractivity contribution is 0.0773. The van der Waals surface area contributed by atoms with Gasteiger partial charge in [-0.15, -0.1) is 0 Å². The Kier molecular flexibility index (Phi) is 4.35. The van der Waals surface area contributed by atoms with Crippen LogP contribution in [0, 0.1) is 0 Å². The molecule has 1 aromatic heterocycles. The summed E-state index contributed by atoms with van der Waals surface area (Å²) < 4.78 is 0. The monoisotopic (exact) mass is 270 g/mol. The minimum Gasteiger partial charge on any atom is -0.339 e. The molecule has 2 rings (SSSR count). The molecule has 1 amide bonds. The van der Waals surface area contributed by atoms with Crippen LogP contribution in [-0.2, 0) is 0 Å². The van der Waals surface area contributed by atoms with Gasteiger partial charge in [0.15, 0.2) is 0 Å². The highest BCUT2D eigenvalue weighted by atomic mass is 16.2. The van der Waals surface area contributed by atoms with Gasteiger partial charge >= 0.3 is 0 Å². The summed E-state index contributed by atoms with van der Waals surface area (Å²) in [5.74, 6) is 0.0445. The standard InChI is InChI=1S/C16H18N2O2/c1-3-18(4-2)16(20)13-7-5-12(6-8-13)14-9-10-15(19)17-11-14/h5-11H,3-4H2,1-2H3,(H,17,19). The first-order valence-corrected chi connectivity index (χ1v) is 6.74. The smallest absolute Gasteiger partial charge is 0.253 e. The third-order valence-corrected chi connectivity index (χ3v) is 3.30. The Morgan fingerprint density at radius 3 is 2.10 bits per heavy atom. The molecule has 0 saturated carbocycles. The molecule has 4 heteroatoms. The number of pyridine rings is 1. The van der Waals surface area contributed by atoms with Crippen LogP contribution in [0.15, 0.2) is 47.4 Å². The number of aromatic nitrogens is 1. The number of H-pyrrole nitrogens is 1. The van der Waals surface area contributed by atoms with Crippen LogP contribution in [0.3, 0.4) is 0 Å². The van der Waals surface area contributed by atoms with E-state index in [-0.39, 0.29) is 11.5 Å². The number of hydrogen-bond acceptors (Lipinski definition) is 2. The zero-order valence-electron chi connectivity index (χ0n) is 11.7. The minimum atomic E-state index is -0.123. The number of nitrogens with zero attached hydrogens (tertiary/aromatic N) is 1. The van der Waals surface area contributed by atoms with Crippen LogP contribution < -0.4 is 5.56 Å². The highest BCUT2D eigenvalue weighted by Crippen LogP contribution is 2.18. The fraction of sp³-hybridized carbons (Fsp3) is 0.250. The van der Waals surface area contributed by atoms with Crippen LogP contribution in [0.2, 0.25) is 0 Å². The predicted molar refractivity (Wildman–Crippen MR) is 79.8 cm³/mol. The molecule has 0 saturated heterocycles. The SMILES string of the molecule is CCN(CC)C(=O)c1ccc(-c2ccc(=O)[nH]c2)cc1. The summed E-state index contributed by atoms with van der Waals surface area (Å²) in [7, 11) is 0. The number of hydrogen-bond donors (Lipinski definition) is 1. The average Bonchev–Trinajstić information content (AvgIpc) is 2.49. The molecule has 2 aromatic rings. The number of carbonyl (C=O) groups is 1. The highest BCUT2D eigenvalue weighted by Gasteiger charge is 2.11. The Morgan fingerprint density at radius 2 is 1.60 bits per heavy atom. The van der Waals surface area contributed by atoms with Crippen LogP contribution in [0.1, 0.15) is 24.2 Å². The molecule has 4 nitrogen and oxygen atoms in total. The fourth-order valence-corrected chi connectivity index (χ4v) is 2.09. The van der Waals surface area contributed by atoms with E-state index in [1.807, 2.05) is 38.1 Å². The Labute approximate surface area is 118 Å². The Bertz CT molecular complexity index is 620. The molecular weight excluding hydrogens is 252 g/mol. The van der Waals surface area contributed by atoms with Gasteiger partial charge in [0.2, 0.25) is 5.56 Å². The van der Waals surface area contributed by atoms with E-state index in [0.717, 1.165) is 11.1 Å². The van der Waals surface area contributed by atoms with E-state index >= 15 is 0 Å². The molecular formula is C16H18N2O2. The largest absolute Gasteiger partial charge is 0.339 e. The Morgan fingerprint density at radius 1 is 1.00 bits per heavy atom. The number of benzene rings is 1. The average molecular weight is 270 g/mol. The molecule has 0 aliphatic carbocycles. The summed E-state index contributed by atoms with van der Waals surface area (Å²) in [6.07, 6.45) is 1.67. The van der Waals surface area contributed by atoms with Crippen LogP contribution in [0.4, 0.5) is 0 Å². The molecule has 1 aromatic carbocycles. The molecule has 0 unspecified atom stereocenters. The lowest BCUT2D eigenvalue weighted by atomic mass is 10.1. The third kappa shape index (κ3) is 2.96. The molecule has 0 aliphatic rings. The molecule has 0 atom stereocenters. The number of carbonyl (C=O) groups excluding carboxylic acids is 1. The summed E-state index contributed by atoms with van der Waals surface area (Å²) in [5.41, 5.74) is 2.45. The zero-order valence-corrected chi connectivity index (χ0v) is 11.7. The van der Waals surface area contributed by atoms with Gasteiger partial charge in [-0.2, -0.15) is 0 Å². The normalized spacial score (nSPS) is 10.3. The van der Waals surface area contributed by atoms with E-state index in [9.17, 15) is 9.59 Å². The third-order valence-electron chi connectivity index (χ3n) is 3.30. The van der Waals surface area contributed by atoms with Crippen molar-refractivity contribution >= 4 is 5.91 Å². The first-order valence-electron chi connectivity index (χ1n) is 6.74. The van der Waals surface area contributed by atoms with E-state index in [2.05, 4.69) is 4.98 Å². The first-order chi connectivity index (χ1) is 9.65. The van der Waals surface area contributed by atoms with E-state index in [4.69, 9.17) is 0 Å². The lowest BCUT2D eigenvalue weighted by Gasteiger charge is -2.18. The second-order valence-electron chi connectivity index (χ2n) is 4.50. The van der Waals surface area contributed by atoms with Gasteiger partial charge in [-0.1, -0.05) is 12.1 Å². The number of amides is 1. The zero-order chi connectivity index (χ0) is 14.5. The molecule has 20 heavy (non-hydrogen) atoms. The second kappa shape index (κ2) is 6.19. The van der Waals surface area contributed by atoms with E-state index in [1.165, 1.54) is 6.07 Å². The lowest BCUT2D eigenvalue weighted by Crippen LogP contribution is -2.30. The van der Waals surface area contributed by atoms with Crippen molar-refractivity contribution in [1.82, 2.24) is 9.88 Å². The molecule has 0 bridgehead atoms. The maximum absolute atomic E-state index is 12.2. The summed E-state index contributed by atoms with van der Waals surface area (Å²) >= 11 is 0. The van der Waals surface area contributed by atoms with Crippen molar-refractivity contribution in [3.63, 3.8) is 0 Å². The number of aromatic amines is 1. The van der Waals surface area contributed by atoms with Crippen LogP contribution in [0.25, 0.3) is 11.1 Å². The number of rotatable bonds is 4. The second-order valence-corrected chi connectivity index (χ2v) is 4.50.